The summed E-state index contributed by atoms with van der Waals surface area (Å²) < 4.78 is 1.63. The molecule has 1 aromatic heterocycles. The van der Waals surface area contributed by atoms with Gasteiger partial charge in [-0.05, 0) is 19.2 Å². The minimum Gasteiger partial charge on any atom is -0.383 e. The summed E-state index contributed by atoms with van der Waals surface area (Å²) >= 11 is 1.99. The fraction of sp³-hybridized carbons (Fsp3) is 0.286. The van der Waals surface area contributed by atoms with Gasteiger partial charge in [0.15, 0.2) is 0 Å². The summed E-state index contributed by atoms with van der Waals surface area (Å²) in [6.45, 7) is 0. The first-order valence-electron chi connectivity index (χ1n) is 3.40. The second-order valence-electron chi connectivity index (χ2n) is 2.38. The van der Waals surface area contributed by atoms with E-state index in [0.29, 0.717) is 11.4 Å². The average Bonchev–Trinajstić information content (AvgIpc) is 2.04. The number of aromatic nitrogens is 1. The normalized spacial score (nSPS) is 13.3. The van der Waals surface area contributed by atoms with Crippen LogP contribution in [0, 0.1) is 0 Å². The summed E-state index contributed by atoms with van der Waals surface area (Å²) in [7, 11) is 1.76. The number of aliphatic hydroxyl groups is 1. The monoisotopic (exact) mass is 279 g/mol. The van der Waals surface area contributed by atoms with E-state index in [4.69, 9.17) is 5.73 Å². The van der Waals surface area contributed by atoms with Gasteiger partial charge in [0.25, 0.3) is 0 Å². The largest absolute Gasteiger partial charge is 0.383 e. The molecule has 0 aliphatic rings. The topological polar surface area (TPSA) is 62.4 Å². The summed E-state index contributed by atoms with van der Waals surface area (Å²) in [6.07, 6.45) is 0.901. The van der Waals surface area contributed by atoms with Crippen LogP contribution in [0.2, 0.25) is 0 Å². The number of nitrogens with two attached hydrogens (primary N) is 1. The maximum Gasteiger partial charge on any atom is 0.145 e. The summed E-state index contributed by atoms with van der Waals surface area (Å²) in [5, 5.41) is 9.58. The lowest BCUT2D eigenvalue weighted by Crippen LogP contribution is -2.15. The van der Waals surface area contributed by atoms with E-state index >= 15 is 0 Å². The van der Waals surface area contributed by atoms with Gasteiger partial charge in [-0.15, -0.1) is 0 Å². The molecule has 0 amide bonds. The molecule has 12 heavy (non-hydrogen) atoms. The van der Waals surface area contributed by atoms with E-state index in [9.17, 15) is 5.11 Å². The Hall–Kier alpha value is -0.400. The van der Waals surface area contributed by atoms with Crippen molar-refractivity contribution in [1.29, 1.82) is 0 Å². The summed E-state index contributed by atoms with van der Waals surface area (Å²) in [4.78, 5) is 3.87. The van der Waals surface area contributed by atoms with E-state index in [-0.39, 0.29) is 0 Å². The van der Waals surface area contributed by atoms with Gasteiger partial charge in [0.2, 0.25) is 0 Å². The molecular formula is C7H10IN3O. The van der Waals surface area contributed by atoms with Crippen LogP contribution < -0.4 is 5.73 Å². The van der Waals surface area contributed by atoms with Crippen molar-refractivity contribution in [3.63, 3.8) is 0 Å². The first-order valence-corrected chi connectivity index (χ1v) is 4.36. The Balaban J connectivity index is 2.94. The molecule has 0 saturated heterocycles. The summed E-state index contributed by atoms with van der Waals surface area (Å²) in [5.74, 6) is 0.369. The molecule has 1 rings (SSSR count). The van der Waals surface area contributed by atoms with Crippen LogP contribution >= 0.6 is 22.9 Å². The Bertz CT molecular complexity index is 267. The average molecular weight is 279 g/mol. The van der Waals surface area contributed by atoms with E-state index in [1.807, 2.05) is 22.9 Å². The summed E-state index contributed by atoms with van der Waals surface area (Å²) in [6, 6.07) is 3.50. The molecule has 3 N–H and O–H groups in total. The molecule has 0 aliphatic carbocycles. The number of anilines is 1. The van der Waals surface area contributed by atoms with Gasteiger partial charge in [0.05, 0.1) is 0 Å². The molecule has 1 aromatic rings. The molecule has 1 unspecified atom stereocenters. The molecule has 0 fully saturated rings. The Labute approximate surface area is 84.9 Å². The standard InChI is InChI=1S/C7H10IN3O/c1-11(8)7(12)5-3-2-4-10-6(5)9/h2-4,7,12H,1H3,(H2,9,10). The smallest absolute Gasteiger partial charge is 0.145 e. The number of rotatable bonds is 2. The highest BCUT2D eigenvalue weighted by Crippen LogP contribution is 2.22. The molecule has 0 aliphatic heterocycles. The third-order valence-corrected chi connectivity index (χ3v) is 2.01. The molecule has 0 bridgehead atoms. The van der Waals surface area contributed by atoms with Crippen molar-refractivity contribution in [2.75, 3.05) is 12.8 Å². The van der Waals surface area contributed by atoms with Gasteiger partial charge < -0.3 is 10.8 Å². The fourth-order valence-electron chi connectivity index (χ4n) is 0.840. The lowest BCUT2D eigenvalue weighted by atomic mass is 10.2. The maximum atomic E-state index is 9.58. The zero-order valence-corrected chi connectivity index (χ0v) is 8.76. The van der Waals surface area contributed by atoms with Crippen LogP contribution in [0.3, 0.4) is 0 Å². The predicted molar refractivity (Wildman–Crippen MR) is 55.4 cm³/mol. The van der Waals surface area contributed by atoms with Crippen LogP contribution in [0.15, 0.2) is 18.3 Å². The number of nitrogen functional groups attached to an aromatic ring is 1. The van der Waals surface area contributed by atoms with E-state index in [0.717, 1.165) is 0 Å². The molecule has 66 valence electrons. The molecule has 0 radical (unpaired) electrons. The minimum absolute atomic E-state index is 0.369. The fourth-order valence-corrected chi connectivity index (χ4v) is 1.14. The van der Waals surface area contributed by atoms with Crippen molar-refractivity contribution in [1.82, 2.24) is 8.10 Å². The Morgan fingerprint density at radius 2 is 2.42 bits per heavy atom. The molecule has 1 heterocycles. The highest BCUT2D eigenvalue weighted by atomic mass is 127. The molecule has 5 heteroatoms. The third kappa shape index (κ3) is 2.05. The quantitative estimate of drug-likeness (QED) is 0.480. The third-order valence-electron chi connectivity index (χ3n) is 1.49. The number of halogens is 1. The number of nitrogens with zero attached hydrogens (tertiary/aromatic N) is 2. The second-order valence-corrected chi connectivity index (χ2v) is 3.90. The van der Waals surface area contributed by atoms with Gasteiger partial charge in [-0.25, -0.2) is 8.10 Å². The van der Waals surface area contributed by atoms with Gasteiger partial charge >= 0.3 is 0 Å². The first kappa shape index (κ1) is 9.69. The molecular weight excluding hydrogens is 269 g/mol. The Morgan fingerprint density at radius 3 is 2.92 bits per heavy atom. The molecule has 4 nitrogen and oxygen atoms in total. The minimum atomic E-state index is -0.695. The van der Waals surface area contributed by atoms with Crippen LogP contribution in [0.1, 0.15) is 11.8 Å². The van der Waals surface area contributed by atoms with Crippen molar-refractivity contribution in [3.05, 3.63) is 23.9 Å². The predicted octanol–water partition coefficient (Wildman–Crippen LogP) is 0.936. The van der Waals surface area contributed by atoms with Gasteiger partial charge in [-0.3, -0.25) is 0 Å². The van der Waals surface area contributed by atoms with Crippen molar-refractivity contribution in [3.8, 4) is 0 Å². The van der Waals surface area contributed by atoms with Gasteiger partial charge in [-0.2, -0.15) is 0 Å². The molecule has 0 spiro atoms. The molecule has 0 aromatic carbocycles. The lowest BCUT2D eigenvalue weighted by Gasteiger charge is -2.17. The zero-order valence-electron chi connectivity index (χ0n) is 6.61. The lowest BCUT2D eigenvalue weighted by molar-refractivity contribution is 0.0981. The van der Waals surface area contributed by atoms with E-state index < -0.39 is 6.23 Å². The van der Waals surface area contributed by atoms with Gasteiger partial charge in [-0.1, -0.05) is 0 Å². The van der Waals surface area contributed by atoms with Gasteiger partial charge in [0, 0.05) is 34.6 Å². The Morgan fingerprint density at radius 1 is 1.75 bits per heavy atom. The summed E-state index contributed by atoms with van der Waals surface area (Å²) in [5.41, 5.74) is 6.19. The van der Waals surface area contributed by atoms with Crippen molar-refractivity contribution in [2.45, 2.75) is 6.23 Å². The zero-order chi connectivity index (χ0) is 9.14. The number of pyridine rings is 1. The SMILES string of the molecule is CN(I)C(O)c1cccnc1N. The van der Waals surface area contributed by atoms with E-state index in [1.54, 1.807) is 28.5 Å². The van der Waals surface area contributed by atoms with Crippen LogP contribution in [0.25, 0.3) is 0 Å². The van der Waals surface area contributed by atoms with E-state index in [2.05, 4.69) is 4.98 Å². The Kier molecular flexibility index (Phi) is 3.24. The molecule has 0 saturated carbocycles. The number of hydrogen-bond acceptors (Lipinski definition) is 4. The highest BCUT2D eigenvalue weighted by Gasteiger charge is 2.13. The molecule has 1 atom stereocenters. The van der Waals surface area contributed by atoms with Crippen LogP contribution in [-0.2, 0) is 0 Å². The van der Waals surface area contributed by atoms with Crippen molar-refractivity contribution < 1.29 is 5.11 Å². The van der Waals surface area contributed by atoms with E-state index in [1.165, 1.54) is 0 Å². The number of hydrogen-bond donors (Lipinski definition) is 2. The van der Waals surface area contributed by atoms with Crippen LogP contribution in [-0.4, -0.2) is 20.3 Å². The second kappa shape index (κ2) is 4.01. The van der Waals surface area contributed by atoms with Crippen LogP contribution in [0.4, 0.5) is 5.82 Å². The maximum absolute atomic E-state index is 9.58. The van der Waals surface area contributed by atoms with Crippen molar-refractivity contribution >= 4 is 28.7 Å². The highest BCUT2D eigenvalue weighted by molar-refractivity contribution is 14.1. The van der Waals surface area contributed by atoms with Gasteiger partial charge in [0.1, 0.15) is 12.0 Å². The van der Waals surface area contributed by atoms with Crippen LogP contribution in [0.5, 0.6) is 0 Å². The first-order chi connectivity index (χ1) is 5.63. The number of aliphatic hydroxyl groups excluding tert-OH is 1. The van der Waals surface area contributed by atoms with Crippen molar-refractivity contribution in [2.24, 2.45) is 0 Å².